The number of unbranched alkanes of at least 4 members (excludes halogenated alkanes) is 1. The van der Waals surface area contributed by atoms with Crippen LogP contribution in [0.5, 0.6) is 0 Å². The van der Waals surface area contributed by atoms with Crippen LogP contribution in [0.2, 0.25) is 0 Å². The third-order valence-electron chi connectivity index (χ3n) is 4.37. The van der Waals surface area contributed by atoms with Crippen LogP contribution in [0, 0.1) is 0 Å². The highest BCUT2D eigenvalue weighted by molar-refractivity contribution is 5.79. The van der Waals surface area contributed by atoms with Gasteiger partial charge in [-0.15, -0.1) is 0 Å². The second-order valence-corrected chi connectivity index (χ2v) is 6.02. The second kappa shape index (κ2) is 10.0. The fourth-order valence-electron chi connectivity index (χ4n) is 2.93. The normalized spacial score (nSPS) is 17.6. The summed E-state index contributed by atoms with van der Waals surface area (Å²) in [6.07, 6.45) is 9.44. The average Bonchev–Trinajstić information content (AvgIpc) is 2.49. The molecule has 0 unspecified atom stereocenters. The molecule has 1 rings (SSSR count). The van der Waals surface area contributed by atoms with E-state index in [-0.39, 0.29) is 0 Å². The molecule has 0 atom stereocenters. The maximum atomic E-state index is 4.36. The lowest BCUT2D eigenvalue weighted by molar-refractivity contribution is 0.194. The highest BCUT2D eigenvalue weighted by Gasteiger charge is 2.17. The van der Waals surface area contributed by atoms with E-state index >= 15 is 0 Å². The number of nitrogens with one attached hydrogen (secondary N) is 1. The molecule has 0 amide bonds. The van der Waals surface area contributed by atoms with Gasteiger partial charge in [-0.25, -0.2) is 0 Å². The number of nitrogens with zero attached hydrogens (tertiary/aromatic N) is 3. The maximum Gasteiger partial charge on any atom is 0.193 e. The summed E-state index contributed by atoms with van der Waals surface area (Å²) in [6, 6.07) is 0.797. The van der Waals surface area contributed by atoms with Gasteiger partial charge in [0.15, 0.2) is 5.96 Å². The first kappa shape index (κ1) is 17.3. The van der Waals surface area contributed by atoms with Crippen LogP contribution >= 0.6 is 0 Å². The molecule has 0 aromatic heterocycles. The first-order chi connectivity index (χ1) is 9.69. The minimum Gasteiger partial charge on any atom is -0.355 e. The lowest BCUT2D eigenvalue weighted by Crippen LogP contribution is -2.44. The van der Waals surface area contributed by atoms with Gasteiger partial charge in [0, 0.05) is 39.8 Å². The summed E-state index contributed by atoms with van der Waals surface area (Å²) in [5.41, 5.74) is 0. The van der Waals surface area contributed by atoms with Gasteiger partial charge in [-0.1, -0.05) is 32.6 Å². The molecule has 118 valence electrons. The Balaban J connectivity index is 2.23. The number of guanidine groups is 1. The van der Waals surface area contributed by atoms with Gasteiger partial charge in [0.2, 0.25) is 0 Å². The molecule has 0 spiro atoms. The van der Waals surface area contributed by atoms with Crippen molar-refractivity contribution < 1.29 is 0 Å². The van der Waals surface area contributed by atoms with Gasteiger partial charge in [0.1, 0.15) is 0 Å². The molecule has 0 saturated heterocycles. The fourth-order valence-corrected chi connectivity index (χ4v) is 2.93. The molecule has 0 heterocycles. The van der Waals surface area contributed by atoms with Crippen molar-refractivity contribution in [3.63, 3.8) is 0 Å². The zero-order valence-corrected chi connectivity index (χ0v) is 14.0. The lowest BCUT2D eigenvalue weighted by atomic mass is 9.94. The summed E-state index contributed by atoms with van der Waals surface area (Å²) in [5, 5.41) is 3.48. The van der Waals surface area contributed by atoms with E-state index in [0.29, 0.717) is 0 Å². The number of likely N-dealkylation sites (N-methyl/N-ethyl adjacent to an activating group) is 1. The molecule has 4 nitrogen and oxygen atoms in total. The molecule has 1 aliphatic rings. The Morgan fingerprint density at radius 2 is 1.85 bits per heavy atom. The largest absolute Gasteiger partial charge is 0.355 e. The predicted octanol–water partition coefficient (Wildman–Crippen LogP) is 2.56. The third kappa shape index (κ3) is 6.12. The predicted molar refractivity (Wildman–Crippen MR) is 88.4 cm³/mol. The van der Waals surface area contributed by atoms with Gasteiger partial charge in [-0.05, 0) is 26.3 Å². The number of aliphatic imine (C=N–C) groups is 1. The second-order valence-electron chi connectivity index (χ2n) is 6.02. The van der Waals surface area contributed by atoms with E-state index in [1.54, 1.807) is 0 Å². The summed E-state index contributed by atoms with van der Waals surface area (Å²) in [5.74, 6) is 1.02. The molecule has 0 bridgehead atoms. The van der Waals surface area contributed by atoms with Crippen LogP contribution in [0.15, 0.2) is 4.99 Å². The van der Waals surface area contributed by atoms with Crippen molar-refractivity contribution in [3.8, 4) is 0 Å². The van der Waals surface area contributed by atoms with Crippen LogP contribution in [0.4, 0.5) is 0 Å². The summed E-state index contributed by atoms with van der Waals surface area (Å²) < 4.78 is 0. The molecule has 0 aromatic rings. The van der Waals surface area contributed by atoms with Gasteiger partial charge < -0.3 is 15.1 Å². The van der Waals surface area contributed by atoms with E-state index in [1.807, 2.05) is 7.05 Å². The van der Waals surface area contributed by atoms with E-state index in [0.717, 1.165) is 31.6 Å². The number of hydrogen-bond acceptors (Lipinski definition) is 2. The Morgan fingerprint density at radius 1 is 1.15 bits per heavy atom. The van der Waals surface area contributed by atoms with Crippen LogP contribution < -0.4 is 5.32 Å². The third-order valence-corrected chi connectivity index (χ3v) is 4.37. The SMILES string of the molecule is CCCCN(C)C(=NC)NCCN(C)C1CCCCC1. The van der Waals surface area contributed by atoms with E-state index in [9.17, 15) is 0 Å². The molecule has 1 N–H and O–H groups in total. The Hall–Kier alpha value is -0.770. The minimum atomic E-state index is 0.797. The maximum absolute atomic E-state index is 4.36. The van der Waals surface area contributed by atoms with Crippen molar-refractivity contribution in [3.05, 3.63) is 0 Å². The standard InChI is InChI=1S/C16H34N4/c1-5-6-13-20(4)16(17-2)18-12-14-19(3)15-10-8-7-9-11-15/h15H,5-14H2,1-4H3,(H,17,18). The van der Waals surface area contributed by atoms with Crippen molar-refractivity contribution >= 4 is 5.96 Å². The molecule has 0 radical (unpaired) electrons. The van der Waals surface area contributed by atoms with Crippen molar-refractivity contribution in [1.82, 2.24) is 15.1 Å². The average molecular weight is 282 g/mol. The minimum absolute atomic E-state index is 0.797. The summed E-state index contributed by atoms with van der Waals surface area (Å²) in [7, 11) is 6.26. The summed E-state index contributed by atoms with van der Waals surface area (Å²) in [4.78, 5) is 9.11. The molecule has 0 aliphatic heterocycles. The lowest BCUT2D eigenvalue weighted by Gasteiger charge is -2.31. The Bertz CT molecular complexity index is 272. The van der Waals surface area contributed by atoms with E-state index < -0.39 is 0 Å². The Kier molecular flexibility index (Phi) is 8.67. The monoisotopic (exact) mass is 282 g/mol. The van der Waals surface area contributed by atoms with Crippen molar-refractivity contribution in [2.45, 2.75) is 57.9 Å². The molecule has 0 aromatic carbocycles. The van der Waals surface area contributed by atoms with Gasteiger partial charge in [-0.2, -0.15) is 0 Å². The first-order valence-corrected chi connectivity index (χ1v) is 8.31. The van der Waals surface area contributed by atoms with Crippen molar-refractivity contribution in [2.75, 3.05) is 40.8 Å². The van der Waals surface area contributed by atoms with E-state index in [2.05, 4.69) is 41.1 Å². The molecule has 1 saturated carbocycles. The zero-order valence-electron chi connectivity index (χ0n) is 14.0. The molecule has 20 heavy (non-hydrogen) atoms. The topological polar surface area (TPSA) is 30.9 Å². The number of rotatable bonds is 7. The van der Waals surface area contributed by atoms with E-state index in [1.165, 1.54) is 44.9 Å². The molecular formula is C16H34N4. The summed E-state index contributed by atoms with van der Waals surface area (Å²) >= 11 is 0. The van der Waals surface area contributed by atoms with Crippen LogP contribution in [0.3, 0.4) is 0 Å². The quantitative estimate of drug-likeness (QED) is 0.575. The van der Waals surface area contributed by atoms with E-state index in [4.69, 9.17) is 0 Å². The molecular weight excluding hydrogens is 248 g/mol. The molecule has 4 heteroatoms. The Morgan fingerprint density at radius 3 is 2.45 bits per heavy atom. The van der Waals surface area contributed by atoms with Crippen LogP contribution in [0.1, 0.15) is 51.9 Å². The van der Waals surface area contributed by atoms with Crippen molar-refractivity contribution in [1.29, 1.82) is 0 Å². The van der Waals surface area contributed by atoms with Gasteiger partial charge in [0.25, 0.3) is 0 Å². The van der Waals surface area contributed by atoms with Crippen LogP contribution in [-0.2, 0) is 0 Å². The number of hydrogen-bond donors (Lipinski definition) is 1. The fraction of sp³-hybridized carbons (Fsp3) is 0.938. The highest BCUT2D eigenvalue weighted by Crippen LogP contribution is 2.21. The Labute approximate surface area is 125 Å². The molecule has 1 fully saturated rings. The van der Waals surface area contributed by atoms with Gasteiger partial charge in [-0.3, -0.25) is 4.99 Å². The van der Waals surface area contributed by atoms with Gasteiger partial charge >= 0.3 is 0 Å². The molecule has 1 aliphatic carbocycles. The zero-order chi connectivity index (χ0) is 14.8. The van der Waals surface area contributed by atoms with Gasteiger partial charge in [0.05, 0.1) is 0 Å². The van der Waals surface area contributed by atoms with Crippen LogP contribution in [0.25, 0.3) is 0 Å². The highest BCUT2D eigenvalue weighted by atomic mass is 15.3. The smallest absolute Gasteiger partial charge is 0.193 e. The summed E-state index contributed by atoms with van der Waals surface area (Å²) in [6.45, 7) is 5.39. The van der Waals surface area contributed by atoms with Crippen molar-refractivity contribution in [2.24, 2.45) is 4.99 Å². The first-order valence-electron chi connectivity index (χ1n) is 8.31. The van der Waals surface area contributed by atoms with Crippen LogP contribution in [-0.4, -0.2) is 62.6 Å².